The van der Waals surface area contributed by atoms with Crippen LogP contribution in [-0.2, 0) is 11.2 Å². The minimum atomic E-state index is -0.800. The Morgan fingerprint density at radius 1 is 1.44 bits per heavy atom. The van der Waals surface area contributed by atoms with Gasteiger partial charge in [0.2, 0.25) is 0 Å². The fraction of sp³-hybridized carbons (Fsp3) is 0.500. The predicted octanol–water partition coefficient (Wildman–Crippen LogP) is 3.38. The Morgan fingerprint density at radius 3 is 2.50 bits per heavy atom. The summed E-state index contributed by atoms with van der Waals surface area (Å²) in [5.74, 6) is 0.00860. The molecule has 100 valence electrons. The van der Waals surface area contributed by atoms with Crippen LogP contribution in [0.4, 0.5) is 0 Å². The molecule has 3 nitrogen and oxygen atoms in total. The van der Waals surface area contributed by atoms with E-state index in [0.29, 0.717) is 6.42 Å². The van der Waals surface area contributed by atoms with E-state index in [9.17, 15) is 9.90 Å². The Morgan fingerprint density at radius 2 is 2.06 bits per heavy atom. The lowest BCUT2D eigenvalue weighted by Gasteiger charge is -2.23. The average molecular weight is 268 g/mol. The summed E-state index contributed by atoms with van der Waals surface area (Å²) in [7, 11) is 1.63. The molecule has 1 rings (SSSR count). The third-order valence-corrected chi connectivity index (χ3v) is 3.86. The molecule has 0 atom stereocenters. The first-order valence-corrected chi connectivity index (χ1v) is 7.00. The van der Waals surface area contributed by atoms with Gasteiger partial charge in [0.05, 0.1) is 12.5 Å². The molecule has 0 saturated heterocycles. The highest BCUT2D eigenvalue weighted by molar-refractivity contribution is 7.98. The third-order valence-electron chi connectivity index (χ3n) is 3.04. The number of carboxylic acid groups (broad SMARTS) is 1. The number of aliphatic carboxylic acids is 1. The molecule has 1 aromatic carbocycles. The summed E-state index contributed by atoms with van der Waals surface area (Å²) in [6, 6.07) is 4.03. The van der Waals surface area contributed by atoms with Crippen molar-refractivity contribution in [2.24, 2.45) is 5.41 Å². The summed E-state index contributed by atoms with van der Waals surface area (Å²) in [5.41, 5.74) is 1.22. The fourth-order valence-corrected chi connectivity index (χ4v) is 2.50. The summed E-state index contributed by atoms with van der Waals surface area (Å²) in [6.07, 6.45) is 2.45. The molecule has 0 radical (unpaired) electrons. The molecule has 0 aliphatic heterocycles. The second kappa shape index (κ2) is 5.65. The van der Waals surface area contributed by atoms with Crippen LogP contribution in [0.2, 0.25) is 0 Å². The lowest BCUT2D eigenvalue weighted by Crippen LogP contribution is -2.26. The van der Waals surface area contributed by atoms with Gasteiger partial charge in [-0.1, -0.05) is 6.07 Å². The number of carboxylic acids is 1. The minimum absolute atomic E-state index is 0.462. The van der Waals surface area contributed by atoms with Gasteiger partial charge in [0.15, 0.2) is 0 Å². The lowest BCUT2D eigenvalue weighted by molar-refractivity contribution is -0.146. The summed E-state index contributed by atoms with van der Waals surface area (Å²) >= 11 is 1.61. The average Bonchev–Trinajstić information content (AvgIpc) is 2.29. The molecule has 0 spiro atoms. The molecule has 0 bridgehead atoms. The van der Waals surface area contributed by atoms with Crippen molar-refractivity contribution in [1.29, 1.82) is 0 Å². The van der Waals surface area contributed by atoms with E-state index < -0.39 is 11.4 Å². The second-order valence-electron chi connectivity index (χ2n) is 4.96. The van der Waals surface area contributed by atoms with Crippen LogP contribution in [0.5, 0.6) is 5.75 Å². The van der Waals surface area contributed by atoms with E-state index in [-0.39, 0.29) is 0 Å². The second-order valence-corrected chi connectivity index (χ2v) is 5.81. The van der Waals surface area contributed by atoms with Crippen molar-refractivity contribution in [3.05, 3.63) is 23.3 Å². The van der Waals surface area contributed by atoms with Crippen LogP contribution in [-0.4, -0.2) is 24.4 Å². The molecule has 0 aliphatic carbocycles. The van der Waals surface area contributed by atoms with E-state index in [2.05, 4.69) is 0 Å². The molecule has 4 heteroatoms. The van der Waals surface area contributed by atoms with Gasteiger partial charge in [0, 0.05) is 10.5 Å². The third kappa shape index (κ3) is 2.99. The Balaban J connectivity index is 3.29. The van der Waals surface area contributed by atoms with Gasteiger partial charge in [-0.3, -0.25) is 4.79 Å². The van der Waals surface area contributed by atoms with Crippen molar-refractivity contribution in [3.63, 3.8) is 0 Å². The summed E-state index contributed by atoms with van der Waals surface area (Å²) in [5, 5.41) is 9.25. The summed E-state index contributed by atoms with van der Waals surface area (Å²) in [4.78, 5) is 12.3. The number of rotatable bonds is 5. The number of ether oxygens (including phenoxy) is 1. The van der Waals surface area contributed by atoms with Gasteiger partial charge in [-0.2, -0.15) is 0 Å². The SMILES string of the molecule is COc1c(C)ccc(SC)c1CC(C)(C)C(=O)O. The Bertz CT molecular complexity index is 453. The molecule has 0 aliphatic rings. The molecule has 1 N–H and O–H groups in total. The van der Waals surface area contributed by atoms with Crippen LogP contribution in [0.1, 0.15) is 25.0 Å². The van der Waals surface area contributed by atoms with Gasteiger partial charge in [-0.05, 0) is 45.1 Å². The quantitative estimate of drug-likeness (QED) is 0.832. The number of benzene rings is 1. The lowest BCUT2D eigenvalue weighted by atomic mass is 9.85. The molecule has 0 heterocycles. The van der Waals surface area contributed by atoms with Crippen LogP contribution >= 0.6 is 11.8 Å². The number of aryl methyl sites for hydroxylation is 1. The molecule has 0 saturated carbocycles. The van der Waals surface area contributed by atoms with Gasteiger partial charge in [-0.25, -0.2) is 0 Å². The molecule has 1 aromatic rings. The highest BCUT2D eigenvalue weighted by atomic mass is 32.2. The number of hydrogen-bond donors (Lipinski definition) is 1. The van der Waals surface area contributed by atoms with Gasteiger partial charge in [0.1, 0.15) is 5.75 Å². The van der Waals surface area contributed by atoms with E-state index in [0.717, 1.165) is 21.8 Å². The first-order valence-electron chi connectivity index (χ1n) is 5.77. The zero-order valence-electron chi connectivity index (χ0n) is 11.5. The predicted molar refractivity (Wildman–Crippen MR) is 74.6 cm³/mol. The van der Waals surface area contributed by atoms with Crippen molar-refractivity contribution in [2.75, 3.05) is 13.4 Å². The van der Waals surface area contributed by atoms with Gasteiger partial charge in [0.25, 0.3) is 0 Å². The molecule has 0 fully saturated rings. The minimum Gasteiger partial charge on any atom is -0.496 e. The van der Waals surface area contributed by atoms with Crippen LogP contribution in [0.25, 0.3) is 0 Å². The van der Waals surface area contributed by atoms with E-state index in [1.54, 1.807) is 32.7 Å². The maximum Gasteiger partial charge on any atom is 0.309 e. The zero-order chi connectivity index (χ0) is 13.9. The Hall–Kier alpha value is -1.16. The van der Waals surface area contributed by atoms with Crippen molar-refractivity contribution in [3.8, 4) is 5.75 Å². The monoisotopic (exact) mass is 268 g/mol. The van der Waals surface area contributed by atoms with Crippen LogP contribution in [0.3, 0.4) is 0 Å². The normalized spacial score (nSPS) is 11.4. The highest BCUT2D eigenvalue weighted by Gasteiger charge is 2.30. The number of methoxy groups -OCH3 is 1. The van der Waals surface area contributed by atoms with E-state index in [4.69, 9.17) is 4.74 Å². The van der Waals surface area contributed by atoms with E-state index >= 15 is 0 Å². The van der Waals surface area contributed by atoms with Crippen molar-refractivity contribution in [1.82, 2.24) is 0 Å². The molecular formula is C14H20O3S. The first-order chi connectivity index (χ1) is 8.33. The Kier molecular flexibility index (Phi) is 4.68. The van der Waals surface area contributed by atoms with Gasteiger partial charge in [-0.15, -0.1) is 11.8 Å². The molecule has 0 amide bonds. The van der Waals surface area contributed by atoms with E-state index in [1.165, 1.54) is 0 Å². The highest BCUT2D eigenvalue weighted by Crippen LogP contribution is 2.36. The maximum absolute atomic E-state index is 11.3. The van der Waals surface area contributed by atoms with Crippen molar-refractivity contribution < 1.29 is 14.6 Å². The Labute approximate surface area is 113 Å². The summed E-state index contributed by atoms with van der Waals surface area (Å²) < 4.78 is 5.44. The van der Waals surface area contributed by atoms with Crippen LogP contribution in [0, 0.1) is 12.3 Å². The topological polar surface area (TPSA) is 46.5 Å². The van der Waals surface area contributed by atoms with Crippen molar-refractivity contribution in [2.45, 2.75) is 32.1 Å². The summed E-state index contributed by atoms with van der Waals surface area (Å²) in [6.45, 7) is 5.45. The van der Waals surface area contributed by atoms with Crippen LogP contribution < -0.4 is 4.74 Å². The number of hydrogen-bond acceptors (Lipinski definition) is 3. The largest absolute Gasteiger partial charge is 0.496 e. The maximum atomic E-state index is 11.3. The van der Waals surface area contributed by atoms with Crippen molar-refractivity contribution >= 4 is 17.7 Å². The van der Waals surface area contributed by atoms with E-state index in [1.807, 2.05) is 25.3 Å². The molecule has 18 heavy (non-hydrogen) atoms. The standard InChI is InChI=1S/C14H20O3S/c1-9-6-7-11(18-5)10(12(9)17-4)8-14(2,3)13(15)16/h6-7H,8H2,1-5H3,(H,15,16). The molecule has 0 unspecified atom stereocenters. The zero-order valence-corrected chi connectivity index (χ0v) is 12.4. The number of carbonyl (C=O) groups is 1. The first kappa shape index (κ1) is 14.9. The molecule has 0 aromatic heterocycles. The van der Waals surface area contributed by atoms with Gasteiger partial charge >= 0.3 is 5.97 Å². The smallest absolute Gasteiger partial charge is 0.309 e. The van der Waals surface area contributed by atoms with Crippen LogP contribution in [0.15, 0.2) is 17.0 Å². The van der Waals surface area contributed by atoms with Gasteiger partial charge < -0.3 is 9.84 Å². The fourth-order valence-electron chi connectivity index (χ4n) is 1.89. The number of thioether (sulfide) groups is 1. The molecular weight excluding hydrogens is 248 g/mol.